The number of morpholine rings is 2. The summed E-state index contributed by atoms with van der Waals surface area (Å²) in [6.07, 6.45) is -9.43. The molecule has 2 aliphatic rings. The number of halogens is 7. The fourth-order valence-corrected chi connectivity index (χ4v) is 5.19. The van der Waals surface area contributed by atoms with E-state index in [-0.39, 0.29) is 16.8 Å². The van der Waals surface area contributed by atoms with Crippen LogP contribution in [-0.2, 0) is 21.8 Å². The molecule has 2 aliphatic heterocycles. The smallest absolute Gasteiger partial charge is 0.419 e. The molecule has 17 heteroatoms. The molecule has 0 aliphatic carbocycles. The Morgan fingerprint density at radius 3 is 1.56 bits per heavy atom. The molecule has 296 valence electrons. The van der Waals surface area contributed by atoms with Crippen molar-refractivity contribution in [2.45, 2.75) is 12.4 Å². The van der Waals surface area contributed by atoms with Crippen LogP contribution in [0.3, 0.4) is 0 Å². The van der Waals surface area contributed by atoms with Crippen molar-refractivity contribution in [1.82, 2.24) is 5.32 Å². The van der Waals surface area contributed by atoms with E-state index in [0.29, 0.717) is 61.3 Å². The third kappa shape index (κ3) is 12.9. The summed E-state index contributed by atoms with van der Waals surface area (Å²) in [5.74, 6) is -1.81. The van der Waals surface area contributed by atoms with Gasteiger partial charge in [-0.2, -0.15) is 26.3 Å². The lowest BCUT2D eigenvalue weighted by Crippen LogP contribution is -2.37. The number of amides is 2. The molecule has 2 saturated heterocycles. The predicted molar refractivity (Wildman–Crippen MR) is 191 cm³/mol. The normalized spacial score (nSPS) is 14.3. The summed E-state index contributed by atoms with van der Waals surface area (Å²) >= 11 is 0. The fraction of sp³-hybridized carbons (Fsp3) is 0.316. The SMILES string of the molecule is C1COCCN1.COc1cccc(NC(=O)c2ccc(F)c(C(F)(F)F)c2)c1.COc1cccc(NC(=O)c2ccc(N3CCOCC3)c(C(F)(F)F)c2)c1. The highest BCUT2D eigenvalue weighted by Crippen LogP contribution is 2.38. The minimum Gasteiger partial charge on any atom is -0.497 e. The van der Waals surface area contributed by atoms with E-state index in [1.165, 1.54) is 32.4 Å². The molecule has 2 amide bonds. The lowest BCUT2D eigenvalue weighted by atomic mass is 10.1. The zero-order valence-electron chi connectivity index (χ0n) is 29.8. The van der Waals surface area contributed by atoms with Crippen molar-refractivity contribution in [3.05, 3.63) is 113 Å². The molecule has 2 fully saturated rings. The number of ether oxygens (including phenoxy) is 4. The second-order valence-electron chi connectivity index (χ2n) is 11.8. The highest BCUT2D eigenvalue weighted by molar-refractivity contribution is 6.05. The van der Waals surface area contributed by atoms with E-state index in [0.717, 1.165) is 38.4 Å². The van der Waals surface area contributed by atoms with Gasteiger partial charge in [0, 0.05) is 66.5 Å². The van der Waals surface area contributed by atoms with Gasteiger partial charge in [-0.25, -0.2) is 4.39 Å². The van der Waals surface area contributed by atoms with E-state index in [2.05, 4.69) is 16.0 Å². The van der Waals surface area contributed by atoms with E-state index in [1.807, 2.05) is 0 Å². The number of alkyl halides is 6. The number of carbonyl (C=O) groups excluding carboxylic acids is 2. The maximum atomic E-state index is 13.6. The summed E-state index contributed by atoms with van der Waals surface area (Å²) in [4.78, 5) is 26.0. The molecule has 2 heterocycles. The second kappa shape index (κ2) is 19.8. The van der Waals surface area contributed by atoms with Gasteiger partial charge in [0.05, 0.1) is 51.8 Å². The fourth-order valence-electron chi connectivity index (χ4n) is 5.19. The largest absolute Gasteiger partial charge is 0.497 e. The summed E-state index contributed by atoms with van der Waals surface area (Å²) in [7, 11) is 2.93. The molecule has 55 heavy (non-hydrogen) atoms. The lowest BCUT2D eigenvalue weighted by molar-refractivity contribution is -0.140. The number of benzene rings is 4. The summed E-state index contributed by atoms with van der Waals surface area (Å²) in [5, 5.41) is 8.17. The Kier molecular flexibility index (Phi) is 15.2. The number of anilines is 3. The van der Waals surface area contributed by atoms with Crippen molar-refractivity contribution >= 4 is 28.9 Å². The van der Waals surface area contributed by atoms with Gasteiger partial charge >= 0.3 is 12.4 Å². The first-order valence-corrected chi connectivity index (χ1v) is 16.8. The number of hydrogen-bond donors (Lipinski definition) is 3. The van der Waals surface area contributed by atoms with Crippen LogP contribution in [-0.4, -0.2) is 78.6 Å². The molecule has 0 radical (unpaired) electrons. The Labute approximate surface area is 312 Å². The molecule has 4 aromatic rings. The van der Waals surface area contributed by atoms with Gasteiger partial charge in [0.2, 0.25) is 0 Å². The third-order valence-electron chi connectivity index (χ3n) is 7.95. The molecule has 0 saturated carbocycles. The van der Waals surface area contributed by atoms with Crippen molar-refractivity contribution < 1.29 is 59.3 Å². The minimum absolute atomic E-state index is 0.0590. The molecule has 3 N–H and O–H groups in total. The molecule has 0 bridgehead atoms. The maximum absolute atomic E-state index is 13.6. The van der Waals surface area contributed by atoms with Crippen LogP contribution < -0.4 is 30.3 Å². The van der Waals surface area contributed by atoms with Crippen LogP contribution in [0.4, 0.5) is 47.8 Å². The highest BCUT2D eigenvalue weighted by atomic mass is 19.4. The number of nitrogens with zero attached hydrogens (tertiary/aromatic N) is 1. The Hall–Kier alpha value is -5.39. The molecule has 6 rings (SSSR count). The van der Waals surface area contributed by atoms with Crippen molar-refractivity contribution in [2.75, 3.05) is 82.4 Å². The monoisotopic (exact) mass is 780 g/mol. The second-order valence-corrected chi connectivity index (χ2v) is 11.8. The van der Waals surface area contributed by atoms with Gasteiger partial charge in [0.15, 0.2) is 0 Å². The van der Waals surface area contributed by atoms with Crippen LogP contribution in [0.2, 0.25) is 0 Å². The molecular weight excluding hydrogens is 741 g/mol. The van der Waals surface area contributed by atoms with Crippen molar-refractivity contribution in [2.24, 2.45) is 0 Å². The lowest BCUT2D eigenvalue weighted by Gasteiger charge is -2.31. The maximum Gasteiger partial charge on any atom is 0.419 e. The predicted octanol–water partition coefficient (Wildman–Crippen LogP) is 7.51. The van der Waals surface area contributed by atoms with Gasteiger partial charge < -0.3 is 39.8 Å². The standard InChI is InChI=1S/C19H19F3N2O3.C15H11F4NO2.C4H9NO/c1-26-15-4-2-3-14(12-15)23-18(25)13-5-6-17(16(11-13)19(20,21)22)24-7-9-27-10-8-24;1-22-11-4-2-3-10(8-11)20-14(21)9-5-6-13(16)12(7-9)15(17,18)19;1-3-6-4-2-5-1/h2-6,11-12H,7-10H2,1H3,(H,23,25);2-8H,1H3,(H,20,21);5H,1-4H2. The van der Waals surface area contributed by atoms with E-state index in [9.17, 15) is 40.3 Å². The first-order valence-electron chi connectivity index (χ1n) is 16.8. The van der Waals surface area contributed by atoms with Crippen molar-refractivity contribution in [3.8, 4) is 11.5 Å². The van der Waals surface area contributed by atoms with Gasteiger partial charge in [-0.05, 0) is 60.7 Å². The topological polar surface area (TPSA) is 110 Å². The van der Waals surface area contributed by atoms with Crippen molar-refractivity contribution in [3.63, 3.8) is 0 Å². The van der Waals surface area contributed by atoms with Gasteiger partial charge in [-0.1, -0.05) is 12.1 Å². The number of methoxy groups -OCH3 is 2. The van der Waals surface area contributed by atoms with Crippen LogP contribution in [0.25, 0.3) is 0 Å². The van der Waals surface area contributed by atoms with E-state index in [1.54, 1.807) is 47.4 Å². The first-order chi connectivity index (χ1) is 26.2. The molecule has 4 aromatic carbocycles. The average Bonchev–Trinajstić information content (AvgIpc) is 3.18. The van der Waals surface area contributed by atoms with Crippen LogP contribution in [0.1, 0.15) is 31.8 Å². The first kappa shape index (κ1) is 42.4. The molecule has 0 aromatic heterocycles. The van der Waals surface area contributed by atoms with E-state index in [4.69, 9.17) is 18.9 Å². The Balaban J connectivity index is 0.000000215. The molecule has 0 spiro atoms. The Morgan fingerprint density at radius 1 is 0.655 bits per heavy atom. The summed E-state index contributed by atoms with van der Waals surface area (Å²) in [6.45, 7) is 5.32. The average molecular weight is 781 g/mol. The Morgan fingerprint density at radius 2 is 1.13 bits per heavy atom. The van der Waals surface area contributed by atoms with Crippen LogP contribution in [0.5, 0.6) is 11.5 Å². The number of carbonyl (C=O) groups is 2. The van der Waals surface area contributed by atoms with Gasteiger partial charge in [0.25, 0.3) is 11.8 Å². The van der Waals surface area contributed by atoms with Gasteiger partial charge in [-0.15, -0.1) is 0 Å². The highest BCUT2D eigenvalue weighted by Gasteiger charge is 2.36. The summed E-state index contributed by atoms with van der Waals surface area (Å²) in [5.41, 5.74) is -1.83. The molecular formula is C38H39F7N4O6. The van der Waals surface area contributed by atoms with Crippen LogP contribution in [0, 0.1) is 5.82 Å². The molecule has 0 atom stereocenters. The zero-order chi connectivity index (χ0) is 40.0. The summed E-state index contributed by atoms with van der Waals surface area (Å²) < 4.78 is 112. The molecule has 10 nitrogen and oxygen atoms in total. The zero-order valence-corrected chi connectivity index (χ0v) is 29.8. The number of rotatable bonds is 7. The number of hydrogen-bond acceptors (Lipinski definition) is 8. The quantitative estimate of drug-likeness (QED) is 0.166. The van der Waals surface area contributed by atoms with Crippen LogP contribution >= 0.6 is 0 Å². The van der Waals surface area contributed by atoms with E-state index >= 15 is 0 Å². The van der Waals surface area contributed by atoms with E-state index < -0.39 is 41.1 Å². The number of nitrogens with one attached hydrogen (secondary N) is 3. The van der Waals surface area contributed by atoms with Gasteiger partial charge in [-0.3, -0.25) is 9.59 Å². The van der Waals surface area contributed by atoms with Crippen molar-refractivity contribution in [1.29, 1.82) is 0 Å². The molecule has 0 unspecified atom stereocenters. The summed E-state index contributed by atoms with van der Waals surface area (Å²) in [6, 6.07) is 18.6. The third-order valence-corrected chi connectivity index (χ3v) is 7.95. The van der Waals surface area contributed by atoms with Gasteiger partial charge in [0.1, 0.15) is 17.3 Å². The van der Waals surface area contributed by atoms with Crippen LogP contribution in [0.15, 0.2) is 84.9 Å². The Bertz CT molecular complexity index is 1870. The minimum atomic E-state index is -4.86.